The summed E-state index contributed by atoms with van der Waals surface area (Å²) in [4.78, 5) is 3.31. The summed E-state index contributed by atoms with van der Waals surface area (Å²) >= 11 is 3.68. The molecule has 0 atom stereocenters. The van der Waals surface area contributed by atoms with Gasteiger partial charge in [0.25, 0.3) is 0 Å². The summed E-state index contributed by atoms with van der Waals surface area (Å²) in [6.45, 7) is 0. The molecule has 2 N–H and O–H groups in total. The van der Waals surface area contributed by atoms with Crippen molar-refractivity contribution in [3.63, 3.8) is 0 Å². The molecule has 0 amide bonds. The molecule has 0 spiro atoms. The summed E-state index contributed by atoms with van der Waals surface area (Å²) in [5, 5.41) is 3.77. The normalized spacial score (nSPS) is 12.0. The van der Waals surface area contributed by atoms with E-state index in [9.17, 15) is 13.2 Å². The van der Waals surface area contributed by atoms with Gasteiger partial charge in [0.05, 0.1) is 4.47 Å². The zero-order valence-corrected chi connectivity index (χ0v) is 9.77. The first-order valence-electron chi connectivity index (χ1n) is 3.80. The van der Waals surface area contributed by atoms with Gasteiger partial charge < -0.3 is 5.73 Å². The van der Waals surface area contributed by atoms with Crippen LogP contribution >= 0.6 is 27.5 Å². The Hall–Kier alpha value is -1.16. The molecule has 2 heterocycles. The van der Waals surface area contributed by atoms with Gasteiger partial charge >= 0.3 is 6.18 Å². The predicted molar refractivity (Wildman–Crippen MR) is 54.1 cm³/mol. The molecule has 5 nitrogen and oxygen atoms in total. The average Bonchev–Trinajstić information content (AvgIpc) is 2.73. The third-order valence-corrected chi connectivity index (χ3v) is 2.88. The topological polar surface area (TPSA) is 69.6 Å². The Morgan fingerprint density at radius 1 is 1.44 bits per heavy atom. The van der Waals surface area contributed by atoms with Crippen molar-refractivity contribution >= 4 is 33.3 Å². The number of aromatic nitrogens is 4. The number of nitrogen functional groups attached to an aromatic ring is 1. The third kappa shape index (κ3) is 2.02. The Bertz CT molecular complexity index is 499. The van der Waals surface area contributed by atoms with E-state index in [4.69, 9.17) is 5.73 Å². The van der Waals surface area contributed by atoms with Crippen LogP contribution in [0.2, 0.25) is 0 Å². The first-order valence-corrected chi connectivity index (χ1v) is 5.36. The van der Waals surface area contributed by atoms with Crippen molar-refractivity contribution in [2.24, 2.45) is 0 Å². The standard InChI is InChI=1S/C6H3BrF3N5S/c7-2-1-15(13-3(2)11)5-12-4(14-16-5)6(8,9)10/h1H,(H2,11,13). The molecule has 0 aromatic carbocycles. The number of anilines is 1. The Balaban J connectivity index is 2.39. The molecule has 0 aliphatic heterocycles. The van der Waals surface area contributed by atoms with Crippen molar-refractivity contribution in [3.05, 3.63) is 16.5 Å². The van der Waals surface area contributed by atoms with Crippen LogP contribution in [0.25, 0.3) is 5.13 Å². The van der Waals surface area contributed by atoms with E-state index in [-0.39, 0.29) is 10.9 Å². The molecule has 2 aromatic rings. The lowest BCUT2D eigenvalue weighted by Gasteiger charge is -1.97. The minimum atomic E-state index is -4.55. The van der Waals surface area contributed by atoms with Crippen molar-refractivity contribution in [3.8, 4) is 5.13 Å². The summed E-state index contributed by atoms with van der Waals surface area (Å²) in [6.07, 6.45) is -3.14. The number of nitrogens with zero attached hydrogens (tertiary/aromatic N) is 4. The van der Waals surface area contributed by atoms with Gasteiger partial charge in [-0.25, -0.2) is 4.68 Å². The molecule has 0 saturated heterocycles. The van der Waals surface area contributed by atoms with E-state index in [1.165, 1.54) is 6.20 Å². The molecule has 16 heavy (non-hydrogen) atoms. The highest BCUT2D eigenvalue weighted by molar-refractivity contribution is 9.10. The van der Waals surface area contributed by atoms with Gasteiger partial charge in [-0.05, 0) is 15.9 Å². The summed E-state index contributed by atoms with van der Waals surface area (Å²) in [5.74, 6) is -1.01. The molecule has 0 saturated carbocycles. The lowest BCUT2D eigenvalue weighted by Crippen LogP contribution is -2.07. The van der Waals surface area contributed by atoms with Gasteiger partial charge in [-0.3, -0.25) is 0 Å². The van der Waals surface area contributed by atoms with Gasteiger partial charge in [0, 0.05) is 17.7 Å². The van der Waals surface area contributed by atoms with Crippen LogP contribution in [0.1, 0.15) is 5.82 Å². The minimum absolute atomic E-state index is 0.00438. The fourth-order valence-electron chi connectivity index (χ4n) is 0.888. The highest BCUT2D eigenvalue weighted by Gasteiger charge is 2.36. The lowest BCUT2D eigenvalue weighted by molar-refractivity contribution is -0.144. The van der Waals surface area contributed by atoms with Crippen LogP contribution in [0.5, 0.6) is 0 Å². The van der Waals surface area contributed by atoms with Crippen LogP contribution in [0.4, 0.5) is 19.0 Å². The number of hydrogen-bond acceptors (Lipinski definition) is 5. The largest absolute Gasteiger partial charge is 0.452 e. The van der Waals surface area contributed by atoms with Crippen LogP contribution in [-0.4, -0.2) is 19.1 Å². The van der Waals surface area contributed by atoms with Crippen LogP contribution < -0.4 is 5.73 Å². The molecule has 0 aliphatic rings. The summed E-state index contributed by atoms with van der Waals surface area (Å²) in [6, 6.07) is 0. The highest BCUT2D eigenvalue weighted by atomic mass is 79.9. The summed E-state index contributed by atoms with van der Waals surface area (Å²) in [5.41, 5.74) is 5.43. The van der Waals surface area contributed by atoms with Gasteiger partial charge in [-0.2, -0.15) is 22.5 Å². The Labute approximate surface area is 99.4 Å². The smallest absolute Gasteiger partial charge is 0.381 e. The second kappa shape index (κ2) is 3.70. The first-order chi connectivity index (χ1) is 7.38. The molecular formula is C6H3BrF3N5S. The molecule has 86 valence electrons. The highest BCUT2D eigenvalue weighted by Crippen LogP contribution is 2.29. The lowest BCUT2D eigenvalue weighted by atomic mass is 10.6. The number of alkyl halides is 3. The second-order valence-electron chi connectivity index (χ2n) is 2.71. The number of halogens is 4. The van der Waals surface area contributed by atoms with Crippen molar-refractivity contribution in [1.82, 2.24) is 19.1 Å². The fourth-order valence-corrected chi connectivity index (χ4v) is 1.78. The van der Waals surface area contributed by atoms with Crippen molar-refractivity contribution in [2.75, 3.05) is 5.73 Å². The Kier molecular flexibility index (Phi) is 2.62. The SMILES string of the molecule is Nc1nn(-c2nc(C(F)(F)F)ns2)cc1Br. The number of hydrogen-bond donors (Lipinski definition) is 1. The predicted octanol–water partition coefficient (Wildman–Crippen LogP) is 2.09. The van der Waals surface area contributed by atoms with E-state index >= 15 is 0 Å². The van der Waals surface area contributed by atoms with Gasteiger partial charge in [-0.1, -0.05) is 0 Å². The zero-order chi connectivity index (χ0) is 11.9. The van der Waals surface area contributed by atoms with Gasteiger partial charge in [-0.15, -0.1) is 5.10 Å². The van der Waals surface area contributed by atoms with Crippen molar-refractivity contribution < 1.29 is 13.2 Å². The summed E-state index contributed by atoms with van der Waals surface area (Å²) in [7, 11) is 0. The molecule has 2 rings (SSSR count). The second-order valence-corrected chi connectivity index (χ2v) is 4.29. The van der Waals surface area contributed by atoms with Crippen LogP contribution in [0.15, 0.2) is 10.7 Å². The van der Waals surface area contributed by atoms with E-state index in [0.717, 1.165) is 4.68 Å². The van der Waals surface area contributed by atoms with Gasteiger partial charge in [0.1, 0.15) is 0 Å². The van der Waals surface area contributed by atoms with E-state index in [0.29, 0.717) is 16.0 Å². The van der Waals surface area contributed by atoms with Crippen LogP contribution in [0.3, 0.4) is 0 Å². The van der Waals surface area contributed by atoms with Crippen LogP contribution in [-0.2, 0) is 6.18 Å². The maximum Gasteiger partial charge on any atom is 0.452 e. The quantitative estimate of drug-likeness (QED) is 0.875. The van der Waals surface area contributed by atoms with E-state index < -0.39 is 12.0 Å². The Morgan fingerprint density at radius 2 is 2.12 bits per heavy atom. The summed E-state index contributed by atoms with van der Waals surface area (Å²) < 4.78 is 41.5. The molecule has 2 aromatic heterocycles. The molecule has 0 aliphatic carbocycles. The van der Waals surface area contributed by atoms with Gasteiger partial charge in [0.2, 0.25) is 11.0 Å². The van der Waals surface area contributed by atoms with Crippen molar-refractivity contribution in [2.45, 2.75) is 6.18 Å². The number of rotatable bonds is 1. The molecular weight excluding hydrogens is 311 g/mol. The first kappa shape index (κ1) is 11.3. The molecule has 0 unspecified atom stereocenters. The van der Waals surface area contributed by atoms with Crippen molar-refractivity contribution in [1.29, 1.82) is 0 Å². The number of nitrogens with two attached hydrogens (primary N) is 1. The molecule has 10 heteroatoms. The Morgan fingerprint density at radius 3 is 2.56 bits per heavy atom. The van der Waals surface area contributed by atoms with E-state index in [1.54, 1.807) is 0 Å². The minimum Gasteiger partial charge on any atom is -0.381 e. The van der Waals surface area contributed by atoms with Crippen LogP contribution in [0, 0.1) is 0 Å². The maximum atomic E-state index is 12.2. The monoisotopic (exact) mass is 313 g/mol. The third-order valence-electron chi connectivity index (χ3n) is 1.56. The van der Waals surface area contributed by atoms with E-state index in [1.807, 2.05) is 0 Å². The van der Waals surface area contributed by atoms with Gasteiger partial charge in [0.15, 0.2) is 5.82 Å². The zero-order valence-electron chi connectivity index (χ0n) is 7.36. The van der Waals surface area contributed by atoms with E-state index in [2.05, 4.69) is 30.4 Å². The fraction of sp³-hybridized carbons (Fsp3) is 0.167. The maximum absolute atomic E-state index is 12.2. The molecule has 0 fully saturated rings. The molecule has 0 bridgehead atoms. The molecule has 0 radical (unpaired) electrons. The average molecular weight is 314 g/mol.